The van der Waals surface area contributed by atoms with Gasteiger partial charge in [0.1, 0.15) is 5.82 Å². The van der Waals surface area contributed by atoms with E-state index in [-0.39, 0.29) is 17.5 Å². The summed E-state index contributed by atoms with van der Waals surface area (Å²) in [5.41, 5.74) is -0.313. The molecule has 2 rings (SSSR count). The van der Waals surface area contributed by atoms with Crippen molar-refractivity contribution < 1.29 is 14.1 Å². The molecule has 0 aliphatic heterocycles. The van der Waals surface area contributed by atoms with Gasteiger partial charge >= 0.3 is 5.69 Å². The highest BCUT2D eigenvalue weighted by molar-refractivity contribution is 5.46. The van der Waals surface area contributed by atoms with Gasteiger partial charge in [0.2, 0.25) is 0 Å². The second-order valence-electron chi connectivity index (χ2n) is 4.50. The van der Waals surface area contributed by atoms with E-state index in [1.54, 1.807) is 0 Å². The summed E-state index contributed by atoms with van der Waals surface area (Å²) in [4.78, 5) is 10.2. The van der Waals surface area contributed by atoms with E-state index < -0.39 is 10.7 Å². The lowest BCUT2D eigenvalue weighted by Gasteiger charge is -2.35. The summed E-state index contributed by atoms with van der Waals surface area (Å²) in [6.45, 7) is 0.922. The fourth-order valence-corrected chi connectivity index (χ4v) is 2.14. The zero-order valence-electron chi connectivity index (χ0n) is 10.1. The Kier molecular flexibility index (Phi) is 3.76. The van der Waals surface area contributed by atoms with Crippen LogP contribution < -0.4 is 10.1 Å². The summed E-state index contributed by atoms with van der Waals surface area (Å²) in [7, 11) is 1.89. The summed E-state index contributed by atoms with van der Waals surface area (Å²) in [5, 5.41) is 13.9. The Bertz CT molecular complexity index is 447. The number of benzene rings is 1. The number of rotatable bonds is 5. The van der Waals surface area contributed by atoms with Crippen LogP contribution in [0.1, 0.15) is 12.8 Å². The summed E-state index contributed by atoms with van der Waals surface area (Å²) in [6, 6.07) is 3.38. The van der Waals surface area contributed by atoms with Gasteiger partial charge in [0, 0.05) is 0 Å². The van der Waals surface area contributed by atoms with E-state index in [4.69, 9.17) is 4.74 Å². The predicted molar refractivity (Wildman–Crippen MR) is 64.1 cm³/mol. The number of nitro benzene ring substituents is 1. The Morgan fingerprint density at radius 1 is 1.56 bits per heavy atom. The standard InChI is InChI=1S/C12H15FN2O3/c1-14-7-8-4-10(5-8)18-12-3-2-9(13)6-11(12)15(16)17/h2-3,6,8,10,14H,4-5,7H2,1H3. The zero-order chi connectivity index (χ0) is 13.1. The largest absolute Gasteiger partial charge is 0.483 e. The fraction of sp³-hybridized carbons (Fsp3) is 0.500. The zero-order valence-corrected chi connectivity index (χ0v) is 10.1. The van der Waals surface area contributed by atoms with Crippen LogP contribution in [0.5, 0.6) is 5.75 Å². The van der Waals surface area contributed by atoms with Crippen LogP contribution >= 0.6 is 0 Å². The van der Waals surface area contributed by atoms with Crippen molar-refractivity contribution in [3.63, 3.8) is 0 Å². The van der Waals surface area contributed by atoms with Crippen LogP contribution in [-0.4, -0.2) is 24.6 Å². The van der Waals surface area contributed by atoms with Gasteiger partial charge in [-0.05, 0) is 44.5 Å². The molecule has 98 valence electrons. The molecule has 1 aliphatic rings. The molecule has 0 aromatic heterocycles. The molecule has 0 atom stereocenters. The first-order valence-corrected chi connectivity index (χ1v) is 5.85. The highest BCUT2D eigenvalue weighted by Crippen LogP contribution is 2.35. The van der Waals surface area contributed by atoms with Gasteiger partial charge in [-0.3, -0.25) is 10.1 Å². The quantitative estimate of drug-likeness (QED) is 0.645. The molecular weight excluding hydrogens is 239 g/mol. The maximum atomic E-state index is 12.9. The maximum Gasteiger partial charge on any atom is 0.313 e. The first-order chi connectivity index (χ1) is 8.60. The van der Waals surface area contributed by atoms with Crippen molar-refractivity contribution in [3.8, 4) is 5.75 Å². The second-order valence-corrected chi connectivity index (χ2v) is 4.50. The second kappa shape index (κ2) is 5.30. The molecule has 0 saturated heterocycles. The SMILES string of the molecule is CNCC1CC(Oc2ccc(F)cc2[N+](=O)[O-])C1. The van der Waals surface area contributed by atoms with Crippen LogP contribution in [0, 0.1) is 21.8 Å². The number of ether oxygens (including phenoxy) is 1. The first-order valence-electron chi connectivity index (χ1n) is 5.85. The lowest BCUT2D eigenvalue weighted by molar-refractivity contribution is -0.386. The highest BCUT2D eigenvalue weighted by Gasteiger charge is 2.31. The van der Waals surface area contributed by atoms with Crippen molar-refractivity contribution in [1.82, 2.24) is 5.32 Å². The van der Waals surface area contributed by atoms with E-state index in [1.165, 1.54) is 12.1 Å². The van der Waals surface area contributed by atoms with Crippen LogP contribution in [0.4, 0.5) is 10.1 Å². The van der Waals surface area contributed by atoms with E-state index in [9.17, 15) is 14.5 Å². The molecule has 1 fully saturated rings. The molecule has 0 amide bonds. The molecule has 0 bridgehead atoms. The lowest BCUT2D eigenvalue weighted by atomic mass is 9.82. The number of hydrogen-bond donors (Lipinski definition) is 1. The average Bonchev–Trinajstić information content (AvgIpc) is 2.28. The van der Waals surface area contributed by atoms with Crippen molar-refractivity contribution >= 4 is 5.69 Å². The molecule has 0 heterocycles. The third-order valence-electron chi connectivity index (χ3n) is 3.10. The van der Waals surface area contributed by atoms with E-state index in [2.05, 4.69) is 5.32 Å². The third kappa shape index (κ3) is 2.76. The van der Waals surface area contributed by atoms with Gasteiger partial charge < -0.3 is 10.1 Å². The van der Waals surface area contributed by atoms with Crippen LogP contribution in [0.15, 0.2) is 18.2 Å². The summed E-state index contributed by atoms with van der Waals surface area (Å²) >= 11 is 0. The van der Waals surface area contributed by atoms with Crippen LogP contribution in [0.2, 0.25) is 0 Å². The van der Waals surface area contributed by atoms with E-state index in [0.29, 0.717) is 5.92 Å². The Labute approximate surface area is 104 Å². The normalized spacial score (nSPS) is 22.3. The summed E-state index contributed by atoms with van der Waals surface area (Å²) in [5.74, 6) is 0.0736. The van der Waals surface area contributed by atoms with Crippen molar-refractivity contribution in [2.24, 2.45) is 5.92 Å². The Morgan fingerprint density at radius 2 is 2.28 bits per heavy atom. The maximum absolute atomic E-state index is 12.9. The number of nitrogens with zero attached hydrogens (tertiary/aromatic N) is 1. The van der Waals surface area contributed by atoms with Crippen LogP contribution in [-0.2, 0) is 0 Å². The number of nitro groups is 1. The molecule has 1 aromatic rings. The lowest BCUT2D eigenvalue weighted by Crippen LogP contribution is -2.38. The minimum Gasteiger partial charge on any atom is -0.483 e. The smallest absolute Gasteiger partial charge is 0.313 e. The van der Waals surface area contributed by atoms with Gasteiger partial charge in [-0.2, -0.15) is 0 Å². The fourth-order valence-electron chi connectivity index (χ4n) is 2.14. The van der Waals surface area contributed by atoms with Crippen LogP contribution in [0.25, 0.3) is 0 Å². The Hall–Kier alpha value is -1.69. The summed E-state index contributed by atoms with van der Waals surface area (Å²) in [6.07, 6.45) is 1.73. The Balaban J connectivity index is 2.00. The molecule has 1 N–H and O–H groups in total. The monoisotopic (exact) mass is 254 g/mol. The molecule has 0 radical (unpaired) electrons. The molecule has 1 aromatic carbocycles. The first kappa shape index (κ1) is 12.8. The van der Waals surface area contributed by atoms with E-state index in [1.807, 2.05) is 7.05 Å². The molecule has 18 heavy (non-hydrogen) atoms. The van der Waals surface area contributed by atoms with Gasteiger partial charge in [0.05, 0.1) is 17.1 Å². The van der Waals surface area contributed by atoms with Crippen molar-refractivity contribution in [3.05, 3.63) is 34.1 Å². The molecule has 1 saturated carbocycles. The van der Waals surface area contributed by atoms with Crippen LogP contribution in [0.3, 0.4) is 0 Å². The third-order valence-corrected chi connectivity index (χ3v) is 3.10. The van der Waals surface area contributed by atoms with Crippen molar-refractivity contribution in [1.29, 1.82) is 0 Å². The van der Waals surface area contributed by atoms with Gasteiger partial charge in [0.25, 0.3) is 0 Å². The molecule has 5 nitrogen and oxygen atoms in total. The molecular formula is C12H15FN2O3. The van der Waals surface area contributed by atoms with Gasteiger partial charge in [-0.1, -0.05) is 0 Å². The topological polar surface area (TPSA) is 64.4 Å². The molecule has 1 aliphatic carbocycles. The number of halogens is 1. The number of hydrogen-bond acceptors (Lipinski definition) is 4. The minimum atomic E-state index is -0.629. The number of nitrogens with one attached hydrogen (secondary N) is 1. The van der Waals surface area contributed by atoms with Crippen molar-refractivity contribution in [2.75, 3.05) is 13.6 Å². The molecule has 0 unspecified atom stereocenters. The average molecular weight is 254 g/mol. The van der Waals surface area contributed by atoms with Gasteiger partial charge in [-0.15, -0.1) is 0 Å². The highest BCUT2D eigenvalue weighted by atomic mass is 19.1. The predicted octanol–water partition coefficient (Wildman–Crippen LogP) is 2.11. The van der Waals surface area contributed by atoms with Gasteiger partial charge in [0.15, 0.2) is 5.75 Å². The van der Waals surface area contributed by atoms with Crippen molar-refractivity contribution in [2.45, 2.75) is 18.9 Å². The minimum absolute atomic E-state index is 0.00693. The Morgan fingerprint density at radius 3 is 2.89 bits per heavy atom. The summed E-state index contributed by atoms with van der Waals surface area (Å²) < 4.78 is 18.5. The van der Waals surface area contributed by atoms with E-state index >= 15 is 0 Å². The van der Waals surface area contributed by atoms with Gasteiger partial charge in [-0.25, -0.2) is 4.39 Å². The molecule has 0 spiro atoms. The molecule has 6 heteroatoms. The van der Waals surface area contributed by atoms with E-state index in [0.717, 1.165) is 25.5 Å².